The van der Waals surface area contributed by atoms with Gasteiger partial charge in [0.15, 0.2) is 0 Å². The molecule has 0 aliphatic rings. The summed E-state index contributed by atoms with van der Waals surface area (Å²) in [4.78, 5) is 1.59. The molecule has 3 radical (unpaired) electrons. The Bertz CT molecular complexity index is 141. The molecule has 0 aromatic rings. The normalized spacial score (nSPS) is 11.2. The van der Waals surface area contributed by atoms with E-state index in [0.29, 0.717) is 15.4 Å². The summed E-state index contributed by atoms with van der Waals surface area (Å²) in [5, 5.41) is 0. The molecular weight excluding hydrogens is 1030 g/mol. The van der Waals surface area contributed by atoms with Crippen molar-refractivity contribution in [3.05, 3.63) is 0 Å². The molecule has 0 aliphatic carbocycles. The molecule has 16 heavy (non-hydrogen) atoms. The van der Waals surface area contributed by atoms with E-state index in [1.807, 2.05) is 0 Å². The monoisotopic (exact) mass is 1050 g/mol. The van der Waals surface area contributed by atoms with Crippen LogP contribution in [0.25, 0.3) is 0 Å². The first-order valence-electron chi connectivity index (χ1n) is 4.34. The van der Waals surface area contributed by atoms with Crippen molar-refractivity contribution in [2.75, 3.05) is 0 Å². The standard InChI is InChI=1S/C3H8GeI3Si.C2H6Ge.CH3I3Si/c1-4(2)3-8(5,6)7;1-3-2;1-5(2,3)4/h3H2,1-2H3;1-2H3;1H3. The zero-order chi connectivity index (χ0) is 14.0. The maximum atomic E-state index is 2.65. The van der Waals surface area contributed by atoms with Gasteiger partial charge in [-0.2, -0.15) is 0 Å². The van der Waals surface area contributed by atoms with Gasteiger partial charge in [0.05, 0.1) is 0 Å². The van der Waals surface area contributed by atoms with Gasteiger partial charge in [-0.3, -0.25) is 0 Å². The first-order valence-corrected chi connectivity index (χ1v) is 37.6. The minimum absolute atomic E-state index is 0.484. The van der Waals surface area contributed by atoms with Gasteiger partial charge < -0.3 is 0 Å². The summed E-state index contributed by atoms with van der Waals surface area (Å²) in [6.07, 6.45) is 0. The molecule has 0 aromatic carbocycles. The summed E-state index contributed by atoms with van der Waals surface area (Å²) in [5.74, 6) is 9.41. The van der Waals surface area contributed by atoms with Crippen LogP contribution < -0.4 is 0 Å². The van der Waals surface area contributed by atoms with Crippen LogP contribution in [0.2, 0.25) is 34.4 Å². The van der Waals surface area contributed by atoms with Crippen molar-refractivity contribution in [3.63, 3.8) is 0 Å². The molecule has 0 aromatic heterocycles. The summed E-state index contributed by atoms with van der Waals surface area (Å²) in [5.41, 5.74) is 0. The Kier molecular flexibility index (Phi) is 26.4. The second-order valence-corrected chi connectivity index (χ2v) is 89.0. The molecule has 0 nitrogen and oxygen atoms in total. The van der Waals surface area contributed by atoms with Crippen LogP contribution in [-0.2, 0) is 0 Å². The van der Waals surface area contributed by atoms with Gasteiger partial charge in [-0.25, -0.2) is 0 Å². The van der Waals surface area contributed by atoms with Gasteiger partial charge in [0, 0.05) is 0 Å². The number of halogens is 6. The number of hydrogen-bond donors (Lipinski definition) is 0. The molecule has 0 unspecified atom stereocenters. The Morgan fingerprint density at radius 1 is 0.938 bits per heavy atom. The summed E-state index contributed by atoms with van der Waals surface area (Å²) >= 11 is 15.4. The van der Waals surface area contributed by atoms with Gasteiger partial charge in [0.1, 0.15) is 0 Å². The average molecular weight is 1050 g/mol. The van der Waals surface area contributed by atoms with Crippen molar-refractivity contribution in [3.8, 4) is 0 Å². The van der Waals surface area contributed by atoms with Crippen LogP contribution in [0.15, 0.2) is 0 Å². The zero-order valence-electron chi connectivity index (χ0n) is 9.97. The molecule has 0 fully saturated rings. The molecule has 0 amide bonds. The van der Waals surface area contributed by atoms with Crippen LogP contribution in [0.3, 0.4) is 0 Å². The predicted octanol–water partition coefficient (Wildman–Crippen LogP) is 7.17. The molecule has 10 heteroatoms. The van der Waals surface area contributed by atoms with E-state index in [4.69, 9.17) is 0 Å². The van der Waals surface area contributed by atoms with Crippen LogP contribution in [0, 0.1) is 0 Å². The molecule has 0 saturated heterocycles. The molecule has 0 heterocycles. The molecular formula is C6H17Ge2I6Si2. The third-order valence-electron chi connectivity index (χ3n) is 0.554. The molecule has 0 spiro atoms. The van der Waals surface area contributed by atoms with Gasteiger partial charge in [0.25, 0.3) is 0.564 Å². The first-order chi connectivity index (χ1) is 6.83. The van der Waals surface area contributed by atoms with Crippen LogP contribution in [-0.4, -0.2) is 30.9 Å². The van der Waals surface area contributed by atoms with E-state index in [9.17, 15) is 0 Å². The van der Waals surface area contributed by atoms with E-state index >= 15 is 0 Å². The minimum atomic E-state index is -0.736. The van der Waals surface area contributed by atoms with E-state index in [2.05, 4.69) is 160 Å². The predicted molar refractivity (Wildman–Crippen MR) is 141 cm³/mol. The molecule has 0 bridgehead atoms. The summed E-state index contributed by atoms with van der Waals surface area (Å²) in [6.45, 7) is 2.29. The number of rotatable bonds is 2. The summed E-state index contributed by atoms with van der Waals surface area (Å²) in [6, 6.07) is 0. The van der Waals surface area contributed by atoms with Crippen molar-refractivity contribution in [2.24, 2.45) is 0 Å². The van der Waals surface area contributed by atoms with Crippen molar-refractivity contribution in [2.45, 2.75) is 34.4 Å². The summed E-state index contributed by atoms with van der Waals surface area (Å²) in [7, 11) is 0. The Labute approximate surface area is 191 Å². The van der Waals surface area contributed by atoms with E-state index in [0.717, 1.165) is 0 Å². The second kappa shape index (κ2) is 15.8. The summed E-state index contributed by atoms with van der Waals surface area (Å²) < 4.78 is -1.44. The Morgan fingerprint density at radius 2 is 1.12 bits per heavy atom. The van der Waals surface area contributed by atoms with E-state index in [-0.39, 0.29) is 0 Å². The van der Waals surface area contributed by atoms with Crippen molar-refractivity contribution < 1.29 is 0 Å². The topological polar surface area (TPSA) is 0 Å². The van der Waals surface area contributed by atoms with Crippen LogP contribution >= 0.6 is 131 Å². The van der Waals surface area contributed by atoms with Crippen LogP contribution in [0.5, 0.6) is 0 Å². The average Bonchev–Trinajstić information content (AvgIpc) is 1.76. The van der Waals surface area contributed by atoms with Crippen LogP contribution in [0.1, 0.15) is 0 Å². The quantitative estimate of drug-likeness (QED) is 0.157. The van der Waals surface area contributed by atoms with E-state index < -0.39 is 15.5 Å². The second-order valence-electron chi connectivity index (χ2n) is 3.28. The molecule has 0 saturated carbocycles. The Balaban J connectivity index is -0.000000181. The SMILES string of the molecule is C[Si](I)(I)I.[CH3][Ge]([CH3])[CH2][Si](I)(I)I.[CH3][Ge][CH3]. The van der Waals surface area contributed by atoms with E-state index in [1.165, 1.54) is 0 Å². The van der Waals surface area contributed by atoms with Crippen molar-refractivity contribution >= 4 is 162 Å². The molecule has 0 N–H and O–H groups in total. The fourth-order valence-electron chi connectivity index (χ4n) is 0.401. The number of hydrogen-bond acceptors (Lipinski definition) is 0. The van der Waals surface area contributed by atoms with E-state index in [1.54, 1.807) is 4.88 Å². The third kappa shape index (κ3) is 59.8. The fraction of sp³-hybridized carbons (Fsp3) is 1.00. The fourth-order valence-corrected chi connectivity index (χ4v) is 41.9. The molecule has 0 aliphatic heterocycles. The molecule has 99 valence electrons. The first kappa shape index (κ1) is 26.8. The molecule has 0 atom stereocenters. The van der Waals surface area contributed by atoms with Gasteiger partial charge in [-0.05, 0) is 6.55 Å². The maximum absolute atomic E-state index is 2.65. The third-order valence-corrected chi connectivity index (χ3v) is 26.5. The Hall–Kier alpha value is 5.90. The van der Waals surface area contributed by atoms with Gasteiger partial charge in [0.2, 0.25) is 0 Å². The zero-order valence-corrected chi connectivity index (χ0v) is 29.1. The van der Waals surface area contributed by atoms with Gasteiger partial charge in [-0.15, -0.1) is 0 Å². The molecule has 0 rings (SSSR count). The van der Waals surface area contributed by atoms with Crippen LogP contribution in [0.4, 0.5) is 0 Å². The van der Waals surface area contributed by atoms with Gasteiger partial charge >= 0.3 is 124 Å². The Morgan fingerprint density at radius 3 is 1.12 bits per heavy atom. The van der Waals surface area contributed by atoms with Gasteiger partial charge in [-0.1, -0.05) is 65.4 Å². The van der Waals surface area contributed by atoms with Crippen molar-refractivity contribution in [1.82, 2.24) is 0 Å². The van der Waals surface area contributed by atoms with Crippen molar-refractivity contribution in [1.29, 1.82) is 0 Å².